The van der Waals surface area contributed by atoms with Crippen LogP contribution in [0.4, 0.5) is 5.69 Å². The van der Waals surface area contributed by atoms with Crippen LogP contribution >= 0.6 is 0 Å². The number of nitrogens with zero attached hydrogens (tertiary/aromatic N) is 1. The van der Waals surface area contributed by atoms with Crippen LogP contribution in [0.3, 0.4) is 0 Å². The highest BCUT2D eigenvalue weighted by Gasteiger charge is 2.26. The van der Waals surface area contributed by atoms with E-state index in [1.165, 1.54) is 11.3 Å². The van der Waals surface area contributed by atoms with E-state index in [9.17, 15) is 5.11 Å². The number of aryl methyl sites for hydroxylation is 1. The van der Waals surface area contributed by atoms with Crippen molar-refractivity contribution in [3.05, 3.63) is 29.8 Å². The van der Waals surface area contributed by atoms with Crippen LogP contribution in [0.15, 0.2) is 24.3 Å². The molecule has 0 saturated heterocycles. The second-order valence-electron chi connectivity index (χ2n) is 5.66. The second-order valence-corrected chi connectivity index (χ2v) is 5.66. The van der Waals surface area contributed by atoms with Gasteiger partial charge >= 0.3 is 0 Å². The highest BCUT2D eigenvalue weighted by atomic mass is 16.3. The molecule has 3 heteroatoms. The zero-order chi connectivity index (χ0) is 13.8. The van der Waals surface area contributed by atoms with E-state index in [2.05, 4.69) is 57.1 Å². The number of rotatable bonds is 6. The summed E-state index contributed by atoms with van der Waals surface area (Å²) in [5.41, 5.74) is 2.18. The molecule has 1 aromatic rings. The largest absolute Gasteiger partial charge is 0.394 e. The lowest BCUT2D eigenvalue weighted by Gasteiger charge is -2.36. The topological polar surface area (TPSA) is 35.5 Å². The van der Waals surface area contributed by atoms with E-state index in [1.807, 2.05) is 12.1 Å². The highest BCUT2D eigenvalue weighted by Crippen LogP contribution is 2.20. The summed E-state index contributed by atoms with van der Waals surface area (Å²) in [4.78, 5) is 2.20. The fraction of sp³-hybridized carbons (Fsp3) is 0.600. The summed E-state index contributed by atoms with van der Waals surface area (Å²) >= 11 is 0. The lowest BCUT2D eigenvalue weighted by Crippen LogP contribution is -2.55. The van der Waals surface area contributed by atoms with Crippen molar-refractivity contribution in [3.8, 4) is 0 Å². The normalized spacial score (nSPS) is 14.6. The van der Waals surface area contributed by atoms with Crippen LogP contribution in [0.25, 0.3) is 0 Å². The first-order chi connectivity index (χ1) is 8.38. The third-order valence-electron chi connectivity index (χ3n) is 3.10. The van der Waals surface area contributed by atoms with E-state index in [1.54, 1.807) is 0 Å². The molecule has 0 radical (unpaired) electrons. The minimum Gasteiger partial charge on any atom is -0.394 e. The van der Waals surface area contributed by atoms with Crippen molar-refractivity contribution in [1.29, 1.82) is 0 Å². The standard InChI is InChI=1S/C15H26N2O/c1-12(2)16-15(4,11-18)10-17(5)14-9-7-6-8-13(14)3/h6-9,12,16,18H,10-11H2,1-5H3. The summed E-state index contributed by atoms with van der Waals surface area (Å²) in [5.74, 6) is 0. The van der Waals surface area contributed by atoms with Crippen molar-refractivity contribution >= 4 is 5.69 Å². The Kier molecular flexibility index (Phi) is 5.17. The van der Waals surface area contributed by atoms with Crippen LogP contribution < -0.4 is 10.2 Å². The maximum atomic E-state index is 9.61. The van der Waals surface area contributed by atoms with Gasteiger partial charge in [-0.15, -0.1) is 0 Å². The van der Waals surface area contributed by atoms with Gasteiger partial charge in [0.05, 0.1) is 12.1 Å². The molecule has 0 aliphatic rings. The molecule has 1 atom stereocenters. The SMILES string of the molecule is Cc1ccccc1N(C)CC(C)(CO)NC(C)C. The van der Waals surface area contributed by atoms with Crippen LogP contribution in [-0.2, 0) is 0 Å². The molecule has 0 spiro atoms. The Hall–Kier alpha value is -1.06. The smallest absolute Gasteiger partial charge is 0.0628 e. The molecular formula is C15H26N2O. The third-order valence-corrected chi connectivity index (χ3v) is 3.10. The molecule has 0 aromatic heterocycles. The monoisotopic (exact) mass is 250 g/mol. The molecule has 0 heterocycles. The lowest BCUT2D eigenvalue weighted by atomic mass is 10.0. The number of anilines is 1. The van der Waals surface area contributed by atoms with Gasteiger partial charge in [-0.25, -0.2) is 0 Å². The molecule has 3 nitrogen and oxygen atoms in total. The Morgan fingerprint density at radius 1 is 1.33 bits per heavy atom. The van der Waals surface area contributed by atoms with Gasteiger partial charge < -0.3 is 15.3 Å². The molecular weight excluding hydrogens is 224 g/mol. The van der Waals surface area contributed by atoms with E-state index >= 15 is 0 Å². The van der Waals surface area contributed by atoms with Crippen molar-refractivity contribution in [1.82, 2.24) is 5.32 Å². The minimum absolute atomic E-state index is 0.126. The van der Waals surface area contributed by atoms with Crippen LogP contribution in [0.5, 0.6) is 0 Å². The fourth-order valence-electron chi connectivity index (χ4n) is 2.44. The maximum absolute atomic E-state index is 9.61. The molecule has 1 rings (SSSR count). The van der Waals surface area contributed by atoms with Crippen LogP contribution in [0.1, 0.15) is 26.3 Å². The third kappa shape index (κ3) is 4.00. The van der Waals surface area contributed by atoms with E-state index < -0.39 is 0 Å². The number of hydrogen-bond acceptors (Lipinski definition) is 3. The van der Waals surface area contributed by atoms with Gasteiger partial charge in [0, 0.05) is 25.3 Å². The van der Waals surface area contributed by atoms with E-state index in [0.717, 1.165) is 6.54 Å². The number of aliphatic hydroxyl groups is 1. The summed E-state index contributed by atoms with van der Waals surface area (Å²) in [6.07, 6.45) is 0. The van der Waals surface area contributed by atoms with Gasteiger partial charge in [0.2, 0.25) is 0 Å². The summed E-state index contributed by atoms with van der Waals surface area (Å²) in [6.45, 7) is 9.26. The molecule has 1 unspecified atom stereocenters. The van der Waals surface area contributed by atoms with E-state index in [-0.39, 0.29) is 12.1 Å². The van der Waals surface area contributed by atoms with Crippen LogP contribution in [0.2, 0.25) is 0 Å². The maximum Gasteiger partial charge on any atom is 0.0628 e. The Morgan fingerprint density at radius 3 is 2.44 bits per heavy atom. The summed E-state index contributed by atoms with van der Waals surface area (Å²) in [7, 11) is 2.07. The van der Waals surface area contributed by atoms with Gasteiger partial charge in [-0.05, 0) is 25.5 Å². The molecule has 18 heavy (non-hydrogen) atoms. The van der Waals surface area contributed by atoms with Crippen molar-refractivity contribution in [2.45, 2.75) is 39.3 Å². The Morgan fingerprint density at radius 2 is 1.94 bits per heavy atom. The van der Waals surface area contributed by atoms with Gasteiger partial charge in [0.1, 0.15) is 0 Å². The van der Waals surface area contributed by atoms with Crippen LogP contribution in [-0.4, -0.2) is 36.9 Å². The molecule has 102 valence electrons. The van der Waals surface area contributed by atoms with Crippen molar-refractivity contribution in [2.24, 2.45) is 0 Å². The minimum atomic E-state index is -0.287. The predicted molar refractivity (Wildman–Crippen MR) is 78.2 cm³/mol. The first-order valence-electron chi connectivity index (χ1n) is 6.53. The first kappa shape index (κ1) is 15.0. The Labute approximate surface area is 111 Å². The molecule has 0 aliphatic carbocycles. The van der Waals surface area contributed by atoms with E-state index in [0.29, 0.717) is 6.04 Å². The number of hydrogen-bond donors (Lipinski definition) is 2. The molecule has 1 aromatic carbocycles. The van der Waals surface area contributed by atoms with Gasteiger partial charge in [-0.3, -0.25) is 0 Å². The molecule has 0 bridgehead atoms. The molecule has 2 N–H and O–H groups in total. The van der Waals surface area contributed by atoms with E-state index in [4.69, 9.17) is 0 Å². The molecule has 0 aliphatic heterocycles. The second kappa shape index (κ2) is 6.21. The zero-order valence-corrected chi connectivity index (χ0v) is 12.2. The summed E-state index contributed by atoms with van der Waals surface area (Å²) in [5, 5.41) is 13.0. The number of nitrogens with one attached hydrogen (secondary N) is 1. The average molecular weight is 250 g/mol. The molecule has 0 fully saturated rings. The number of aliphatic hydroxyl groups excluding tert-OH is 1. The Balaban J connectivity index is 2.79. The summed E-state index contributed by atoms with van der Waals surface area (Å²) in [6, 6.07) is 8.67. The first-order valence-corrected chi connectivity index (χ1v) is 6.53. The average Bonchev–Trinajstić information content (AvgIpc) is 2.28. The van der Waals surface area contributed by atoms with Crippen molar-refractivity contribution in [3.63, 3.8) is 0 Å². The number of likely N-dealkylation sites (N-methyl/N-ethyl adjacent to an activating group) is 1. The molecule has 0 amide bonds. The number of benzene rings is 1. The van der Waals surface area contributed by atoms with Gasteiger partial charge in [-0.1, -0.05) is 32.0 Å². The van der Waals surface area contributed by atoms with Crippen molar-refractivity contribution < 1.29 is 5.11 Å². The highest BCUT2D eigenvalue weighted by molar-refractivity contribution is 5.52. The summed E-state index contributed by atoms with van der Waals surface area (Å²) < 4.78 is 0. The van der Waals surface area contributed by atoms with Gasteiger partial charge in [-0.2, -0.15) is 0 Å². The predicted octanol–water partition coefficient (Wildman–Crippen LogP) is 2.18. The fourth-order valence-corrected chi connectivity index (χ4v) is 2.44. The lowest BCUT2D eigenvalue weighted by molar-refractivity contribution is 0.170. The Bertz CT molecular complexity index is 379. The van der Waals surface area contributed by atoms with Gasteiger partial charge in [0.15, 0.2) is 0 Å². The van der Waals surface area contributed by atoms with Gasteiger partial charge in [0.25, 0.3) is 0 Å². The van der Waals surface area contributed by atoms with Crippen molar-refractivity contribution in [2.75, 3.05) is 25.1 Å². The quantitative estimate of drug-likeness (QED) is 0.812. The van der Waals surface area contributed by atoms with Crippen LogP contribution in [0, 0.1) is 6.92 Å². The zero-order valence-electron chi connectivity index (χ0n) is 12.2. The molecule has 0 saturated carbocycles. The number of para-hydroxylation sites is 1.